The molecule has 1 aliphatic rings. The number of nitrogens with zero attached hydrogens (tertiary/aromatic N) is 5. The average Bonchev–Trinajstić information content (AvgIpc) is 2.81. The van der Waals surface area contributed by atoms with E-state index >= 15 is 0 Å². The van der Waals surface area contributed by atoms with Gasteiger partial charge in [0.2, 0.25) is 0 Å². The summed E-state index contributed by atoms with van der Waals surface area (Å²) in [6.45, 7) is 6.23. The molecular formula is C13H19N5O2. The summed E-state index contributed by atoms with van der Waals surface area (Å²) in [4.78, 5) is 10.9. The van der Waals surface area contributed by atoms with Crippen LogP contribution in [0.5, 0.6) is 0 Å². The third kappa shape index (κ3) is 2.34. The first-order valence-electron chi connectivity index (χ1n) is 6.87. The Morgan fingerprint density at radius 2 is 2.05 bits per heavy atom. The van der Waals surface area contributed by atoms with Crippen molar-refractivity contribution in [3.8, 4) is 0 Å². The third-order valence-corrected chi connectivity index (χ3v) is 3.44. The molecular weight excluding hydrogens is 258 g/mol. The lowest BCUT2D eigenvalue weighted by Crippen LogP contribution is -2.45. The van der Waals surface area contributed by atoms with Crippen molar-refractivity contribution in [3.63, 3.8) is 0 Å². The van der Waals surface area contributed by atoms with Crippen LogP contribution in [0, 0.1) is 0 Å². The fraction of sp³-hybridized carbons (Fsp3) is 0.615. The van der Waals surface area contributed by atoms with E-state index in [1.807, 2.05) is 0 Å². The van der Waals surface area contributed by atoms with Crippen LogP contribution in [0.1, 0.15) is 13.8 Å². The van der Waals surface area contributed by atoms with Gasteiger partial charge in [-0.05, 0) is 13.8 Å². The first-order valence-corrected chi connectivity index (χ1v) is 6.87. The molecule has 0 amide bonds. The summed E-state index contributed by atoms with van der Waals surface area (Å²) in [7, 11) is 0. The second kappa shape index (κ2) is 5.34. The molecule has 108 valence electrons. The molecule has 3 rings (SSSR count). The standard InChI is InChI=1S/C13H19N5O2/c1-9-6-17(7-10(2)20-9)12-11-5-16-18(3-4-19)13(11)15-8-14-12/h5,8-10,19H,3-4,6-7H2,1-2H3/t9-,10-/m0/s1. The number of aliphatic hydroxyl groups is 1. The number of aliphatic hydroxyl groups excluding tert-OH is 1. The molecule has 7 heteroatoms. The van der Waals surface area contributed by atoms with Crippen LogP contribution >= 0.6 is 0 Å². The Morgan fingerprint density at radius 1 is 1.30 bits per heavy atom. The molecule has 2 atom stereocenters. The monoisotopic (exact) mass is 277 g/mol. The van der Waals surface area contributed by atoms with Gasteiger partial charge in [-0.3, -0.25) is 0 Å². The van der Waals surface area contributed by atoms with Crippen LogP contribution in [0.2, 0.25) is 0 Å². The minimum absolute atomic E-state index is 0.0434. The SMILES string of the molecule is C[C@H]1CN(c2ncnc3c2cnn3CCO)C[C@H](C)O1. The highest BCUT2D eigenvalue weighted by molar-refractivity contribution is 5.86. The minimum atomic E-state index is 0.0434. The number of hydrogen-bond acceptors (Lipinski definition) is 6. The Labute approximate surface area is 117 Å². The molecule has 0 aromatic carbocycles. The zero-order chi connectivity index (χ0) is 14.1. The van der Waals surface area contributed by atoms with Gasteiger partial charge in [0, 0.05) is 13.1 Å². The molecule has 3 heterocycles. The van der Waals surface area contributed by atoms with Crippen molar-refractivity contribution in [2.75, 3.05) is 24.6 Å². The van der Waals surface area contributed by atoms with Gasteiger partial charge in [-0.15, -0.1) is 0 Å². The van der Waals surface area contributed by atoms with Crippen LogP contribution in [-0.4, -0.2) is 56.8 Å². The molecule has 0 spiro atoms. The smallest absolute Gasteiger partial charge is 0.163 e. The molecule has 0 aliphatic carbocycles. The summed E-state index contributed by atoms with van der Waals surface area (Å²) >= 11 is 0. The first kappa shape index (κ1) is 13.3. The predicted octanol–water partition coefficient (Wildman–Crippen LogP) is 0.432. The summed E-state index contributed by atoms with van der Waals surface area (Å²) < 4.78 is 7.46. The van der Waals surface area contributed by atoms with E-state index in [-0.39, 0.29) is 18.8 Å². The Bertz CT molecular complexity index is 589. The van der Waals surface area contributed by atoms with Gasteiger partial charge in [-0.25, -0.2) is 14.6 Å². The zero-order valence-corrected chi connectivity index (χ0v) is 11.7. The number of fused-ring (bicyclic) bond motifs is 1. The van der Waals surface area contributed by atoms with Gasteiger partial charge in [-0.2, -0.15) is 5.10 Å². The summed E-state index contributed by atoms with van der Waals surface area (Å²) in [5.41, 5.74) is 0.760. The van der Waals surface area contributed by atoms with Crippen LogP contribution in [0.4, 0.5) is 5.82 Å². The maximum absolute atomic E-state index is 9.05. The number of morpholine rings is 1. The normalized spacial score (nSPS) is 23.4. The van der Waals surface area contributed by atoms with E-state index in [9.17, 15) is 0 Å². The molecule has 0 radical (unpaired) electrons. The van der Waals surface area contributed by atoms with Crippen molar-refractivity contribution in [1.29, 1.82) is 0 Å². The largest absolute Gasteiger partial charge is 0.394 e. The summed E-state index contributed by atoms with van der Waals surface area (Å²) in [6.07, 6.45) is 3.68. The van der Waals surface area contributed by atoms with Gasteiger partial charge in [0.1, 0.15) is 12.1 Å². The summed E-state index contributed by atoms with van der Waals surface area (Å²) in [5, 5.41) is 14.2. The number of hydrogen-bond donors (Lipinski definition) is 1. The van der Waals surface area contributed by atoms with E-state index in [1.165, 1.54) is 0 Å². The molecule has 2 aromatic heterocycles. The Hall–Kier alpha value is -1.73. The third-order valence-electron chi connectivity index (χ3n) is 3.44. The Morgan fingerprint density at radius 3 is 2.75 bits per heavy atom. The van der Waals surface area contributed by atoms with Crippen molar-refractivity contribution in [3.05, 3.63) is 12.5 Å². The van der Waals surface area contributed by atoms with Crippen LogP contribution in [0.25, 0.3) is 11.0 Å². The maximum Gasteiger partial charge on any atom is 0.163 e. The predicted molar refractivity (Wildman–Crippen MR) is 74.6 cm³/mol. The molecule has 0 saturated carbocycles. The van der Waals surface area contributed by atoms with Crippen molar-refractivity contribution in [1.82, 2.24) is 19.7 Å². The number of anilines is 1. The van der Waals surface area contributed by atoms with Crippen molar-refractivity contribution in [2.24, 2.45) is 0 Å². The van der Waals surface area contributed by atoms with Gasteiger partial charge >= 0.3 is 0 Å². The molecule has 1 saturated heterocycles. The highest BCUT2D eigenvalue weighted by Crippen LogP contribution is 2.25. The van der Waals surface area contributed by atoms with E-state index in [0.29, 0.717) is 6.54 Å². The minimum Gasteiger partial charge on any atom is -0.394 e. The Balaban J connectivity index is 1.99. The number of rotatable bonds is 3. The number of aromatic nitrogens is 4. The molecule has 20 heavy (non-hydrogen) atoms. The van der Waals surface area contributed by atoms with E-state index in [2.05, 4.69) is 33.8 Å². The molecule has 7 nitrogen and oxygen atoms in total. The van der Waals surface area contributed by atoms with Gasteiger partial charge in [0.25, 0.3) is 0 Å². The van der Waals surface area contributed by atoms with E-state index in [1.54, 1.807) is 17.2 Å². The highest BCUT2D eigenvalue weighted by atomic mass is 16.5. The molecule has 1 aliphatic heterocycles. The van der Waals surface area contributed by atoms with Gasteiger partial charge < -0.3 is 14.7 Å². The quantitative estimate of drug-likeness (QED) is 0.877. The topological polar surface area (TPSA) is 76.3 Å². The van der Waals surface area contributed by atoms with Crippen LogP contribution in [0.3, 0.4) is 0 Å². The molecule has 1 fully saturated rings. The molecule has 2 aromatic rings. The van der Waals surface area contributed by atoms with Crippen LogP contribution < -0.4 is 4.90 Å². The lowest BCUT2D eigenvalue weighted by atomic mass is 10.2. The molecule has 0 unspecified atom stereocenters. The van der Waals surface area contributed by atoms with Crippen LogP contribution in [0.15, 0.2) is 12.5 Å². The fourth-order valence-corrected chi connectivity index (χ4v) is 2.74. The first-order chi connectivity index (χ1) is 9.69. The summed E-state index contributed by atoms with van der Waals surface area (Å²) in [6, 6.07) is 0. The highest BCUT2D eigenvalue weighted by Gasteiger charge is 2.25. The van der Waals surface area contributed by atoms with Gasteiger partial charge in [-0.1, -0.05) is 0 Å². The lowest BCUT2D eigenvalue weighted by Gasteiger charge is -2.36. The van der Waals surface area contributed by atoms with Crippen molar-refractivity contribution >= 4 is 16.9 Å². The van der Waals surface area contributed by atoms with Gasteiger partial charge in [0.15, 0.2) is 5.65 Å². The maximum atomic E-state index is 9.05. The Kier molecular flexibility index (Phi) is 3.54. The van der Waals surface area contributed by atoms with Crippen molar-refractivity contribution in [2.45, 2.75) is 32.6 Å². The lowest BCUT2D eigenvalue weighted by molar-refractivity contribution is -0.00537. The van der Waals surface area contributed by atoms with Crippen LogP contribution in [-0.2, 0) is 11.3 Å². The fourth-order valence-electron chi connectivity index (χ4n) is 2.74. The van der Waals surface area contributed by atoms with Crippen molar-refractivity contribution < 1.29 is 9.84 Å². The van der Waals surface area contributed by atoms with E-state index in [0.717, 1.165) is 29.9 Å². The van der Waals surface area contributed by atoms with E-state index in [4.69, 9.17) is 9.84 Å². The van der Waals surface area contributed by atoms with E-state index < -0.39 is 0 Å². The second-order valence-electron chi connectivity index (χ2n) is 5.19. The average molecular weight is 277 g/mol. The zero-order valence-electron chi connectivity index (χ0n) is 11.7. The molecule has 1 N–H and O–H groups in total. The van der Waals surface area contributed by atoms with Gasteiger partial charge in [0.05, 0.1) is 36.9 Å². The summed E-state index contributed by atoms with van der Waals surface area (Å²) in [5.74, 6) is 0.890. The molecule has 0 bridgehead atoms. The number of ether oxygens (including phenoxy) is 1. The second-order valence-corrected chi connectivity index (χ2v) is 5.19.